The predicted molar refractivity (Wildman–Crippen MR) is 374 cm³/mol. The zero-order valence-electron chi connectivity index (χ0n) is 58.9. The molecule has 0 bridgehead atoms. The molecule has 0 spiro atoms. The molecule has 0 saturated carbocycles. The van der Waals surface area contributed by atoms with Crippen LogP contribution >= 0.6 is 0 Å². The summed E-state index contributed by atoms with van der Waals surface area (Å²) >= 11 is 0. The molecule has 510 valence electrons. The van der Waals surface area contributed by atoms with Gasteiger partial charge in [-0.25, -0.2) is 0 Å². The molecule has 0 aromatic heterocycles. The molecule has 0 aromatic rings. The second-order valence-corrected chi connectivity index (χ2v) is 28.1. The third kappa shape index (κ3) is 54.9. The van der Waals surface area contributed by atoms with Crippen molar-refractivity contribution in [2.24, 2.45) is 23.7 Å². The number of unbranched alkanes of at least 4 members (excludes halogenated alkanes) is 40. The number of aliphatic carboxylic acids is 2. The Balaban J connectivity index is 4.86. The molecule has 0 aliphatic heterocycles. The van der Waals surface area contributed by atoms with Gasteiger partial charge in [-0.2, -0.15) is 0 Å². The zero-order chi connectivity index (χ0) is 63.1. The number of carbonyl (C=O) groups excluding carboxylic acids is 2. The number of carbonyl (C=O) groups is 4. The van der Waals surface area contributed by atoms with E-state index in [4.69, 9.17) is 10.2 Å². The maximum atomic E-state index is 13.6. The van der Waals surface area contributed by atoms with E-state index >= 15 is 0 Å². The maximum absolute atomic E-state index is 13.6. The van der Waals surface area contributed by atoms with E-state index in [2.05, 4.69) is 52.2 Å². The summed E-state index contributed by atoms with van der Waals surface area (Å²) < 4.78 is 0. The highest BCUT2D eigenvalue weighted by molar-refractivity contribution is 5.87. The van der Waals surface area contributed by atoms with Gasteiger partial charge in [0, 0.05) is 38.8 Å². The van der Waals surface area contributed by atoms with Crippen LogP contribution in [0.1, 0.15) is 433 Å². The first-order chi connectivity index (χ1) is 42.0. The molecule has 0 aliphatic rings. The van der Waals surface area contributed by atoms with E-state index in [-0.39, 0.29) is 5.91 Å². The molecule has 0 heterocycles. The lowest BCUT2D eigenvalue weighted by Crippen LogP contribution is -2.51. The maximum Gasteiger partial charge on any atom is 0.303 e. The Labute approximate surface area is 536 Å². The third-order valence-corrected chi connectivity index (χ3v) is 20.2. The van der Waals surface area contributed by atoms with E-state index in [1.54, 1.807) is 0 Å². The van der Waals surface area contributed by atoms with Crippen molar-refractivity contribution in [3.8, 4) is 0 Å². The summed E-state index contributed by atoms with van der Waals surface area (Å²) in [6, 6.07) is 0. The van der Waals surface area contributed by atoms with E-state index in [1.165, 1.54) is 308 Å². The van der Waals surface area contributed by atoms with Crippen LogP contribution in [0, 0.1) is 23.7 Å². The summed E-state index contributed by atoms with van der Waals surface area (Å²) in [5.41, 5.74) is -0.542. The molecule has 5 atom stereocenters. The predicted octanol–water partition coefficient (Wildman–Crippen LogP) is 24.5. The van der Waals surface area contributed by atoms with Gasteiger partial charge in [0.2, 0.25) is 5.91 Å². The van der Waals surface area contributed by atoms with Crippen molar-refractivity contribution in [2.75, 3.05) is 13.1 Å². The van der Waals surface area contributed by atoms with Crippen molar-refractivity contribution in [3.63, 3.8) is 0 Å². The number of nitrogens with one attached hydrogen (secondary N) is 2. The summed E-state index contributed by atoms with van der Waals surface area (Å²) in [5, 5.41) is 24.7. The molecular weight excluding hydrogens is 1060 g/mol. The highest BCUT2D eigenvalue weighted by Crippen LogP contribution is 2.36. The van der Waals surface area contributed by atoms with Gasteiger partial charge in [-0.05, 0) is 62.7 Å². The van der Waals surface area contributed by atoms with Gasteiger partial charge in [0.05, 0.1) is 5.54 Å². The Morgan fingerprint density at radius 2 is 0.512 bits per heavy atom. The van der Waals surface area contributed by atoms with Gasteiger partial charge in [-0.3, -0.25) is 19.2 Å². The molecule has 0 fully saturated rings. The molecular formula is C78H152N2O6. The SMILES string of the molecule is CCCCCCCCC(CCCCCCCCC(=O)O)C(CCCCCCCC)CCCCCCCCC(=O)NCCNC(C)(CC)C(=O)CCCCCCCCC(CCCCCCCC)C(CCCCCCCC)CCCCCCCCC(=O)O. The Morgan fingerprint density at radius 3 is 0.756 bits per heavy atom. The number of carboxylic acid groups (broad SMARTS) is 2. The van der Waals surface area contributed by atoms with Gasteiger partial charge in [0.15, 0.2) is 5.78 Å². The van der Waals surface area contributed by atoms with Crippen molar-refractivity contribution in [1.29, 1.82) is 0 Å². The van der Waals surface area contributed by atoms with Crippen LogP contribution in [0.3, 0.4) is 0 Å². The van der Waals surface area contributed by atoms with Crippen molar-refractivity contribution < 1.29 is 29.4 Å². The molecule has 0 radical (unpaired) electrons. The monoisotopic (exact) mass is 1210 g/mol. The zero-order valence-corrected chi connectivity index (χ0v) is 58.9. The molecule has 0 rings (SSSR count). The molecule has 0 aromatic carbocycles. The molecule has 4 N–H and O–H groups in total. The van der Waals surface area contributed by atoms with Crippen LogP contribution in [0.15, 0.2) is 0 Å². The van der Waals surface area contributed by atoms with Crippen molar-refractivity contribution in [3.05, 3.63) is 0 Å². The Hall–Kier alpha value is -1.96. The van der Waals surface area contributed by atoms with E-state index in [0.29, 0.717) is 44.6 Å². The van der Waals surface area contributed by atoms with Crippen LogP contribution in [0.5, 0.6) is 0 Å². The number of amides is 1. The number of Topliss-reactive ketones (excluding diaryl/α,β-unsaturated/α-hetero) is 1. The minimum absolute atomic E-state index is 0.138. The van der Waals surface area contributed by atoms with E-state index < -0.39 is 17.5 Å². The minimum Gasteiger partial charge on any atom is -0.481 e. The topological polar surface area (TPSA) is 133 Å². The molecule has 0 saturated heterocycles. The van der Waals surface area contributed by atoms with Crippen LogP contribution in [0.2, 0.25) is 0 Å². The van der Waals surface area contributed by atoms with Gasteiger partial charge in [-0.1, -0.05) is 369 Å². The highest BCUT2D eigenvalue weighted by Gasteiger charge is 2.29. The molecule has 8 heteroatoms. The lowest BCUT2D eigenvalue weighted by Gasteiger charge is -2.28. The number of hydrogen-bond acceptors (Lipinski definition) is 5. The van der Waals surface area contributed by atoms with Gasteiger partial charge in [0.1, 0.15) is 0 Å². The Bertz CT molecular complexity index is 1470. The minimum atomic E-state index is -0.661. The highest BCUT2D eigenvalue weighted by atomic mass is 16.4. The van der Waals surface area contributed by atoms with Crippen LogP contribution in [0.4, 0.5) is 0 Å². The quantitative estimate of drug-likeness (QED) is 0.0446. The third-order valence-electron chi connectivity index (χ3n) is 20.2. The van der Waals surface area contributed by atoms with Crippen LogP contribution in [-0.4, -0.2) is 52.5 Å². The smallest absolute Gasteiger partial charge is 0.303 e. The van der Waals surface area contributed by atoms with E-state index in [0.717, 1.165) is 81.5 Å². The number of carboxylic acids is 2. The molecule has 86 heavy (non-hydrogen) atoms. The lowest BCUT2D eigenvalue weighted by atomic mass is 9.78. The summed E-state index contributed by atoms with van der Waals surface area (Å²) in [7, 11) is 0. The van der Waals surface area contributed by atoms with Crippen molar-refractivity contribution in [1.82, 2.24) is 10.6 Å². The van der Waals surface area contributed by atoms with Gasteiger partial charge in [-0.15, -0.1) is 0 Å². The molecule has 5 unspecified atom stereocenters. The van der Waals surface area contributed by atoms with E-state index in [9.17, 15) is 19.2 Å². The molecule has 0 aliphatic carbocycles. The van der Waals surface area contributed by atoms with Crippen molar-refractivity contribution >= 4 is 23.6 Å². The summed E-state index contributed by atoms with van der Waals surface area (Å²) in [6.45, 7) is 14.6. The molecule has 8 nitrogen and oxygen atoms in total. The first-order valence-corrected chi connectivity index (χ1v) is 39.0. The van der Waals surface area contributed by atoms with Crippen LogP contribution in [0.25, 0.3) is 0 Å². The lowest BCUT2D eigenvalue weighted by molar-refractivity contribution is -0.138. The first kappa shape index (κ1) is 84.0. The average molecular weight is 1210 g/mol. The summed E-state index contributed by atoms with van der Waals surface area (Å²) in [5.74, 6) is 2.56. The fourth-order valence-corrected chi connectivity index (χ4v) is 14.1. The fraction of sp³-hybridized carbons (Fsp3) is 0.949. The first-order valence-electron chi connectivity index (χ1n) is 39.0. The number of ketones is 1. The average Bonchev–Trinajstić information content (AvgIpc) is 3.69. The Morgan fingerprint density at radius 1 is 0.291 bits per heavy atom. The molecule has 1 amide bonds. The van der Waals surface area contributed by atoms with Crippen molar-refractivity contribution in [2.45, 2.75) is 439 Å². The largest absolute Gasteiger partial charge is 0.481 e. The van der Waals surface area contributed by atoms with Crippen LogP contribution in [-0.2, 0) is 19.2 Å². The second-order valence-electron chi connectivity index (χ2n) is 28.1. The number of rotatable bonds is 72. The van der Waals surface area contributed by atoms with Gasteiger partial charge in [0.25, 0.3) is 0 Å². The van der Waals surface area contributed by atoms with Gasteiger partial charge < -0.3 is 20.8 Å². The normalized spacial score (nSPS) is 13.8. The summed E-state index contributed by atoms with van der Waals surface area (Å²) in [4.78, 5) is 48.3. The van der Waals surface area contributed by atoms with Crippen LogP contribution < -0.4 is 10.6 Å². The van der Waals surface area contributed by atoms with Gasteiger partial charge >= 0.3 is 11.9 Å². The van der Waals surface area contributed by atoms with E-state index in [1.807, 2.05) is 0 Å². The standard InChI is InChI=1S/C78H152N2O6/c1-7-12-16-20-32-44-56-70(72(58-46-34-22-18-14-9-3)62-50-38-26-30-42-54-66-76(83)84)60-48-36-24-28-40-52-64-74(81)78(6,11-5)80-69-68-79-75(82)65-53-41-29-25-37-49-61-71(57-45-33-21-17-13-8-2)73(59-47-35-23-19-15-10-4)63-51-39-27-31-43-55-67-77(85)86/h70-73,80H,7-69H2,1-6H3,(H,79,82)(H,83,84)(H,85,86). The Kier molecular flexibility index (Phi) is 63.1. The second kappa shape index (κ2) is 64.6. The number of hydrogen-bond donors (Lipinski definition) is 4. The summed E-state index contributed by atoms with van der Waals surface area (Å²) in [6.07, 6.45) is 75.1. The fourth-order valence-electron chi connectivity index (χ4n) is 14.1.